The molecule has 0 bridgehead atoms. The number of thioether (sulfide) groups is 1. The molecule has 1 saturated carbocycles. The summed E-state index contributed by atoms with van der Waals surface area (Å²) in [5, 5.41) is 12.0. The van der Waals surface area contributed by atoms with Gasteiger partial charge in [0.15, 0.2) is 0 Å². The molecule has 5 nitrogen and oxygen atoms in total. The molecule has 1 heterocycles. The second-order valence-electron chi connectivity index (χ2n) is 5.22. The van der Waals surface area contributed by atoms with E-state index in [1.165, 1.54) is 6.07 Å². The van der Waals surface area contributed by atoms with Gasteiger partial charge in [-0.3, -0.25) is 9.59 Å². The first-order valence-corrected chi connectivity index (χ1v) is 7.94. The van der Waals surface area contributed by atoms with Gasteiger partial charge < -0.3 is 10.4 Å². The zero-order valence-corrected chi connectivity index (χ0v) is 12.8. The van der Waals surface area contributed by atoms with Gasteiger partial charge in [-0.2, -0.15) is 13.2 Å². The van der Waals surface area contributed by atoms with Crippen LogP contribution in [0.5, 0.6) is 0 Å². The molecule has 1 fully saturated rings. The summed E-state index contributed by atoms with van der Waals surface area (Å²) in [5.41, 5.74) is -0.846. The molecule has 0 unspecified atom stereocenters. The highest BCUT2D eigenvalue weighted by Crippen LogP contribution is 2.29. The number of carboxylic acids is 1. The van der Waals surface area contributed by atoms with Gasteiger partial charge in [-0.15, -0.1) is 0 Å². The zero-order chi connectivity index (χ0) is 17.0. The summed E-state index contributed by atoms with van der Waals surface area (Å²) >= 11 is 1.00. The third-order valence-electron chi connectivity index (χ3n) is 3.59. The fourth-order valence-corrected chi connectivity index (χ4v) is 3.10. The molecular formula is C14H15F3N2O3S. The number of aliphatic carboxylic acids is 1. The largest absolute Gasteiger partial charge is 0.481 e. The Labute approximate surface area is 134 Å². The molecule has 1 aromatic rings. The topological polar surface area (TPSA) is 79.3 Å². The van der Waals surface area contributed by atoms with Crippen LogP contribution < -0.4 is 5.32 Å². The Morgan fingerprint density at radius 2 is 2.09 bits per heavy atom. The van der Waals surface area contributed by atoms with Gasteiger partial charge in [0, 0.05) is 12.2 Å². The first-order valence-electron chi connectivity index (χ1n) is 6.95. The van der Waals surface area contributed by atoms with Crippen LogP contribution >= 0.6 is 11.8 Å². The number of carboxylic acid groups (broad SMARTS) is 1. The second-order valence-corrected chi connectivity index (χ2v) is 6.22. The van der Waals surface area contributed by atoms with Crippen LogP contribution in [0.1, 0.15) is 24.8 Å². The van der Waals surface area contributed by atoms with E-state index >= 15 is 0 Å². The van der Waals surface area contributed by atoms with Gasteiger partial charge in [-0.1, -0.05) is 18.2 Å². The predicted octanol–water partition coefficient (Wildman–Crippen LogP) is 2.56. The third-order valence-corrected chi connectivity index (χ3v) is 4.54. The summed E-state index contributed by atoms with van der Waals surface area (Å²) in [5.74, 6) is -1.88. The van der Waals surface area contributed by atoms with Crippen LogP contribution in [-0.4, -0.2) is 33.8 Å². The molecule has 0 saturated heterocycles. The van der Waals surface area contributed by atoms with E-state index in [9.17, 15) is 22.8 Å². The Bertz CT molecular complexity index is 578. The molecule has 2 rings (SSSR count). The van der Waals surface area contributed by atoms with Crippen LogP contribution in [0.2, 0.25) is 0 Å². The lowest BCUT2D eigenvalue weighted by atomic mass is 10.0. The molecule has 126 valence electrons. The van der Waals surface area contributed by atoms with Crippen molar-refractivity contribution in [2.24, 2.45) is 5.92 Å². The van der Waals surface area contributed by atoms with Crippen LogP contribution in [0.15, 0.2) is 23.4 Å². The van der Waals surface area contributed by atoms with Crippen LogP contribution in [-0.2, 0) is 15.8 Å². The van der Waals surface area contributed by atoms with Crippen molar-refractivity contribution in [3.8, 4) is 0 Å². The number of halogens is 3. The lowest BCUT2D eigenvalue weighted by molar-refractivity contribution is -0.142. The second kappa shape index (κ2) is 7.20. The lowest BCUT2D eigenvalue weighted by Crippen LogP contribution is -2.41. The van der Waals surface area contributed by atoms with E-state index in [1.807, 2.05) is 0 Å². The minimum absolute atomic E-state index is 0.0266. The zero-order valence-electron chi connectivity index (χ0n) is 12.0. The van der Waals surface area contributed by atoms with E-state index in [4.69, 9.17) is 5.11 Å². The molecule has 1 aliphatic carbocycles. The van der Waals surface area contributed by atoms with E-state index < -0.39 is 23.6 Å². The molecule has 1 aromatic heterocycles. The number of rotatable bonds is 5. The lowest BCUT2D eigenvalue weighted by Gasteiger charge is -2.17. The average molecular weight is 348 g/mol. The first kappa shape index (κ1) is 17.6. The number of nitrogens with zero attached hydrogens (tertiary/aromatic N) is 1. The molecular weight excluding hydrogens is 333 g/mol. The molecule has 23 heavy (non-hydrogen) atoms. The van der Waals surface area contributed by atoms with E-state index in [2.05, 4.69) is 10.3 Å². The van der Waals surface area contributed by atoms with E-state index in [1.54, 1.807) is 0 Å². The number of amides is 1. The number of pyridine rings is 1. The Morgan fingerprint density at radius 3 is 2.65 bits per heavy atom. The van der Waals surface area contributed by atoms with Crippen molar-refractivity contribution in [1.82, 2.24) is 10.3 Å². The molecule has 0 aromatic carbocycles. The number of aromatic nitrogens is 1. The molecule has 1 amide bonds. The number of nitrogens with one attached hydrogen (secondary N) is 1. The highest BCUT2D eigenvalue weighted by atomic mass is 32.2. The molecule has 2 N–H and O–H groups in total. The number of hydrogen-bond acceptors (Lipinski definition) is 4. The molecule has 0 radical (unpaired) electrons. The van der Waals surface area contributed by atoms with Gasteiger partial charge in [0.1, 0.15) is 0 Å². The third kappa shape index (κ3) is 4.85. The Hall–Kier alpha value is -1.77. The maximum absolute atomic E-state index is 12.4. The van der Waals surface area contributed by atoms with Crippen molar-refractivity contribution in [2.45, 2.75) is 36.5 Å². The molecule has 1 aliphatic rings. The van der Waals surface area contributed by atoms with E-state index in [-0.39, 0.29) is 17.7 Å². The number of hydrogen-bond donors (Lipinski definition) is 2. The van der Waals surface area contributed by atoms with E-state index in [0.717, 1.165) is 30.4 Å². The van der Waals surface area contributed by atoms with Crippen LogP contribution in [0.3, 0.4) is 0 Å². The predicted molar refractivity (Wildman–Crippen MR) is 76.9 cm³/mol. The van der Waals surface area contributed by atoms with Crippen LogP contribution in [0, 0.1) is 5.92 Å². The van der Waals surface area contributed by atoms with Gasteiger partial charge in [0.05, 0.1) is 22.3 Å². The molecule has 9 heteroatoms. The fourth-order valence-electron chi connectivity index (χ4n) is 2.45. The Morgan fingerprint density at radius 1 is 1.35 bits per heavy atom. The Kier molecular flexibility index (Phi) is 5.51. The van der Waals surface area contributed by atoms with Crippen molar-refractivity contribution >= 4 is 23.6 Å². The van der Waals surface area contributed by atoms with Crippen molar-refractivity contribution < 1.29 is 27.9 Å². The average Bonchev–Trinajstić information content (AvgIpc) is 2.93. The van der Waals surface area contributed by atoms with E-state index in [0.29, 0.717) is 17.9 Å². The highest BCUT2D eigenvalue weighted by Gasteiger charge is 2.34. The molecule has 2 atom stereocenters. The van der Waals surface area contributed by atoms with Crippen LogP contribution in [0.4, 0.5) is 13.2 Å². The smallest absolute Gasteiger partial charge is 0.417 e. The van der Waals surface area contributed by atoms with Gasteiger partial charge in [0.2, 0.25) is 5.91 Å². The number of carbonyl (C=O) groups excluding carboxylic acids is 1. The summed E-state index contributed by atoms with van der Waals surface area (Å²) in [6.07, 6.45) is -1.82. The summed E-state index contributed by atoms with van der Waals surface area (Å²) in [4.78, 5) is 26.5. The quantitative estimate of drug-likeness (QED) is 0.800. The summed E-state index contributed by atoms with van der Waals surface area (Å²) in [6, 6.07) is 1.72. The summed E-state index contributed by atoms with van der Waals surface area (Å²) < 4.78 is 37.2. The molecule has 0 aliphatic heterocycles. The maximum atomic E-state index is 12.4. The minimum atomic E-state index is -4.44. The van der Waals surface area contributed by atoms with Crippen molar-refractivity contribution in [2.75, 3.05) is 5.75 Å². The first-order chi connectivity index (χ1) is 10.8. The SMILES string of the molecule is O=C(CSc1ccc(C(F)(F)F)cn1)N[C@H]1CCC[C@H]1C(=O)O. The highest BCUT2D eigenvalue weighted by molar-refractivity contribution is 7.99. The van der Waals surface area contributed by atoms with Crippen molar-refractivity contribution in [1.29, 1.82) is 0 Å². The van der Waals surface area contributed by atoms with Crippen molar-refractivity contribution in [3.63, 3.8) is 0 Å². The van der Waals surface area contributed by atoms with Gasteiger partial charge >= 0.3 is 12.1 Å². The van der Waals surface area contributed by atoms with Gasteiger partial charge in [0.25, 0.3) is 0 Å². The minimum Gasteiger partial charge on any atom is -0.481 e. The Balaban J connectivity index is 1.84. The maximum Gasteiger partial charge on any atom is 0.417 e. The normalized spacial score (nSPS) is 21.2. The van der Waals surface area contributed by atoms with Gasteiger partial charge in [-0.05, 0) is 25.0 Å². The fraction of sp³-hybridized carbons (Fsp3) is 0.500. The van der Waals surface area contributed by atoms with Gasteiger partial charge in [-0.25, -0.2) is 4.98 Å². The molecule has 0 spiro atoms. The summed E-state index contributed by atoms with van der Waals surface area (Å²) in [7, 11) is 0. The monoisotopic (exact) mass is 348 g/mol. The number of alkyl halides is 3. The summed E-state index contributed by atoms with van der Waals surface area (Å²) in [6.45, 7) is 0. The standard InChI is InChI=1S/C14H15F3N2O3S/c15-14(16,17)8-4-5-12(18-6-8)23-7-11(20)19-10-3-1-2-9(10)13(21)22/h4-6,9-10H,1-3,7H2,(H,19,20)(H,21,22)/t9-,10+/m1/s1. The van der Waals surface area contributed by atoms with Crippen LogP contribution in [0.25, 0.3) is 0 Å². The number of carbonyl (C=O) groups is 2. The van der Waals surface area contributed by atoms with Crippen molar-refractivity contribution in [3.05, 3.63) is 23.9 Å².